The number of methoxy groups -OCH3 is 1. The molecule has 0 unspecified atom stereocenters. The van der Waals surface area contributed by atoms with Crippen LogP contribution >= 0.6 is 22.7 Å². The Labute approximate surface area is 142 Å². The number of benzene rings is 1. The van der Waals surface area contributed by atoms with Crippen LogP contribution in [0.5, 0.6) is 5.75 Å². The van der Waals surface area contributed by atoms with Crippen LogP contribution in [0.3, 0.4) is 0 Å². The summed E-state index contributed by atoms with van der Waals surface area (Å²) >= 11 is 3.10. The minimum Gasteiger partial charge on any atom is -0.497 e. The predicted molar refractivity (Wildman–Crippen MR) is 95.6 cm³/mol. The maximum atomic E-state index is 9.37. The topological polar surface area (TPSA) is 57.9 Å². The summed E-state index contributed by atoms with van der Waals surface area (Å²) < 4.78 is 5.12. The summed E-state index contributed by atoms with van der Waals surface area (Å²) in [5.41, 5.74) is 2.30. The van der Waals surface area contributed by atoms with E-state index in [9.17, 15) is 5.26 Å². The monoisotopic (exact) mass is 339 g/mol. The molecule has 6 heteroatoms. The predicted octanol–water partition coefficient (Wildman–Crippen LogP) is 4.86. The molecule has 0 atom stereocenters. The minimum absolute atomic E-state index is 0.508. The van der Waals surface area contributed by atoms with E-state index in [1.54, 1.807) is 24.6 Å². The van der Waals surface area contributed by atoms with E-state index in [1.807, 2.05) is 47.2 Å². The smallest absolute Gasteiger partial charge is 0.136 e. The number of thiazole rings is 1. The van der Waals surface area contributed by atoms with Gasteiger partial charge >= 0.3 is 0 Å². The van der Waals surface area contributed by atoms with Gasteiger partial charge < -0.3 is 10.1 Å². The second-order valence-electron chi connectivity index (χ2n) is 4.56. The van der Waals surface area contributed by atoms with Crippen molar-refractivity contribution in [3.63, 3.8) is 0 Å². The fourth-order valence-electron chi connectivity index (χ4n) is 1.92. The van der Waals surface area contributed by atoms with E-state index in [-0.39, 0.29) is 0 Å². The Kier molecular flexibility index (Phi) is 4.71. The average Bonchev–Trinajstić information content (AvgIpc) is 3.27. The number of hydrogen-bond acceptors (Lipinski definition) is 6. The van der Waals surface area contributed by atoms with Crippen molar-refractivity contribution in [1.82, 2.24) is 4.98 Å². The highest BCUT2D eigenvalue weighted by Gasteiger charge is 2.09. The Morgan fingerprint density at radius 3 is 2.74 bits per heavy atom. The molecule has 0 saturated carbocycles. The van der Waals surface area contributed by atoms with Crippen LogP contribution in [-0.2, 0) is 0 Å². The van der Waals surface area contributed by atoms with Gasteiger partial charge in [-0.25, -0.2) is 4.98 Å². The van der Waals surface area contributed by atoms with Crippen LogP contribution in [0, 0.1) is 11.3 Å². The van der Waals surface area contributed by atoms with Crippen molar-refractivity contribution in [3.05, 3.63) is 58.4 Å². The Morgan fingerprint density at radius 1 is 1.26 bits per heavy atom. The number of hydrogen-bond donors (Lipinski definition) is 1. The van der Waals surface area contributed by atoms with E-state index in [4.69, 9.17) is 4.74 Å². The molecule has 0 spiro atoms. The lowest BCUT2D eigenvalue weighted by molar-refractivity contribution is 0.415. The first kappa shape index (κ1) is 15.3. The molecule has 2 heterocycles. The molecule has 2 aromatic heterocycles. The normalized spacial score (nSPS) is 11.0. The summed E-state index contributed by atoms with van der Waals surface area (Å²) in [6, 6.07) is 13.7. The summed E-state index contributed by atoms with van der Waals surface area (Å²) in [4.78, 5) is 5.65. The molecule has 0 aliphatic rings. The number of nitrogens with zero attached hydrogens (tertiary/aromatic N) is 2. The molecular formula is C17H13N3OS2. The van der Waals surface area contributed by atoms with Crippen molar-refractivity contribution in [2.24, 2.45) is 0 Å². The van der Waals surface area contributed by atoms with Gasteiger partial charge in [0.2, 0.25) is 0 Å². The highest BCUT2D eigenvalue weighted by molar-refractivity contribution is 7.14. The molecule has 1 N–H and O–H groups in total. The van der Waals surface area contributed by atoms with Crippen molar-refractivity contribution >= 4 is 33.9 Å². The van der Waals surface area contributed by atoms with Gasteiger partial charge in [0.25, 0.3) is 0 Å². The molecule has 0 fully saturated rings. The maximum absolute atomic E-state index is 9.37. The molecule has 0 aliphatic carbocycles. The Hall–Kier alpha value is -2.62. The first-order valence-corrected chi connectivity index (χ1v) is 8.56. The van der Waals surface area contributed by atoms with Gasteiger partial charge in [0.15, 0.2) is 0 Å². The molecule has 3 aromatic rings. The van der Waals surface area contributed by atoms with Crippen molar-refractivity contribution < 1.29 is 4.74 Å². The fraction of sp³-hybridized carbons (Fsp3) is 0.0588. The molecule has 4 nitrogen and oxygen atoms in total. The summed E-state index contributed by atoms with van der Waals surface area (Å²) in [6.07, 6.45) is 1.68. The van der Waals surface area contributed by atoms with E-state index in [0.717, 1.165) is 22.0 Å². The van der Waals surface area contributed by atoms with Crippen LogP contribution in [0.4, 0.5) is 5.69 Å². The van der Waals surface area contributed by atoms with E-state index in [2.05, 4.69) is 16.4 Å². The van der Waals surface area contributed by atoms with Gasteiger partial charge in [0.05, 0.1) is 17.7 Å². The number of aromatic nitrogens is 1. The molecule has 0 amide bonds. The van der Waals surface area contributed by atoms with Gasteiger partial charge in [-0.2, -0.15) is 5.26 Å². The zero-order valence-corrected chi connectivity index (χ0v) is 13.9. The molecular weight excluding hydrogens is 326 g/mol. The largest absolute Gasteiger partial charge is 0.497 e. The van der Waals surface area contributed by atoms with E-state index in [0.29, 0.717) is 10.6 Å². The van der Waals surface area contributed by atoms with E-state index < -0.39 is 0 Å². The standard InChI is InChI=1S/C17H13N3OS2/c1-21-14-6-4-13(5-7-14)19-10-12(9-18)17-20-15(11-23-17)16-3-2-8-22-16/h2-8,10-11,19H,1H3. The number of thiophene rings is 1. The zero-order valence-electron chi connectivity index (χ0n) is 12.3. The second kappa shape index (κ2) is 7.09. The molecule has 23 heavy (non-hydrogen) atoms. The minimum atomic E-state index is 0.508. The van der Waals surface area contributed by atoms with Gasteiger partial charge in [-0.1, -0.05) is 6.07 Å². The number of nitrogens with one attached hydrogen (secondary N) is 1. The molecule has 0 radical (unpaired) electrons. The van der Waals surface area contributed by atoms with Crippen LogP contribution in [0.25, 0.3) is 16.1 Å². The van der Waals surface area contributed by atoms with Crippen LogP contribution < -0.4 is 10.1 Å². The van der Waals surface area contributed by atoms with Crippen LogP contribution in [0.1, 0.15) is 5.01 Å². The quantitative estimate of drug-likeness (QED) is 0.675. The van der Waals surface area contributed by atoms with Crippen LogP contribution in [0.15, 0.2) is 53.4 Å². The first-order valence-electron chi connectivity index (χ1n) is 6.81. The SMILES string of the molecule is COc1ccc(NC=C(C#N)c2nc(-c3cccs3)cs2)cc1. The molecule has 1 aromatic carbocycles. The van der Waals surface area contributed by atoms with Crippen molar-refractivity contribution in [2.45, 2.75) is 0 Å². The van der Waals surface area contributed by atoms with E-state index in [1.165, 1.54) is 11.3 Å². The average molecular weight is 339 g/mol. The lowest BCUT2D eigenvalue weighted by Crippen LogP contribution is -1.91. The first-order chi connectivity index (χ1) is 11.3. The van der Waals surface area contributed by atoms with Gasteiger partial charge in [-0.05, 0) is 35.7 Å². The number of allylic oxidation sites excluding steroid dienone is 1. The molecule has 3 rings (SSSR count). The maximum Gasteiger partial charge on any atom is 0.136 e. The van der Waals surface area contributed by atoms with Crippen molar-refractivity contribution in [2.75, 3.05) is 12.4 Å². The summed E-state index contributed by atoms with van der Waals surface area (Å²) in [6.45, 7) is 0. The van der Waals surface area contributed by atoms with Gasteiger partial charge in [-0.3, -0.25) is 0 Å². The summed E-state index contributed by atoms with van der Waals surface area (Å²) in [5, 5.41) is 17.2. The molecule has 114 valence electrons. The Balaban J connectivity index is 1.78. The second-order valence-corrected chi connectivity index (χ2v) is 6.36. The number of nitriles is 1. The van der Waals surface area contributed by atoms with Crippen molar-refractivity contribution in [1.29, 1.82) is 5.26 Å². The fourth-order valence-corrected chi connectivity index (χ4v) is 3.47. The number of anilines is 1. The molecule has 0 saturated heterocycles. The lowest BCUT2D eigenvalue weighted by atomic mass is 10.3. The lowest BCUT2D eigenvalue weighted by Gasteiger charge is -2.03. The van der Waals surface area contributed by atoms with E-state index >= 15 is 0 Å². The summed E-state index contributed by atoms with van der Waals surface area (Å²) in [5.74, 6) is 0.792. The third-order valence-corrected chi connectivity index (χ3v) is 4.87. The third kappa shape index (κ3) is 3.59. The summed E-state index contributed by atoms with van der Waals surface area (Å²) in [7, 11) is 1.63. The van der Waals surface area contributed by atoms with Gasteiger partial charge in [-0.15, -0.1) is 22.7 Å². The molecule has 0 bridgehead atoms. The molecule has 0 aliphatic heterocycles. The zero-order chi connectivity index (χ0) is 16.1. The number of ether oxygens (including phenoxy) is 1. The number of rotatable bonds is 5. The Bertz CT molecular complexity index is 843. The Morgan fingerprint density at radius 2 is 2.09 bits per heavy atom. The van der Waals surface area contributed by atoms with Crippen molar-refractivity contribution in [3.8, 4) is 22.4 Å². The van der Waals surface area contributed by atoms with Crippen LogP contribution in [0.2, 0.25) is 0 Å². The highest BCUT2D eigenvalue weighted by Crippen LogP contribution is 2.29. The highest BCUT2D eigenvalue weighted by atomic mass is 32.1. The van der Waals surface area contributed by atoms with Gasteiger partial charge in [0.1, 0.15) is 22.4 Å². The third-order valence-electron chi connectivity index (χ3n) is 3.10. The van der Waals surface area contributed by atoms with Gasteiger partial charge in [0, 0.05) is 17.3 Å². The van der Waals surface area contributed by atoms with Crippen LogP contribution in [-0.4, -0.2) is 12.1 Å².